The van der Waals surface area contributed by atoms with Gasteiger partial charge in [-0.2, -0.15) is 0 Å². The molecule has 104 valence electrons. The molecule has 0 bridgehead atoms. The van der Waals surface area contributed by atoms with Crippen LogP contribution in [0.5, 0.6) is 0 Å². The predicted molar refractivity (Wildman–Crippen MR) is 64.9 cm³/mol. The van der Waals surface area contributed by atoms with Gasteiger partial charge in [-0.15, -0.1) is 0 Å². The number of aliphatic carboxylic acids is 1. The minimum atomic E-state index is -0.830. The molecule has 6 heteroatoms. The molecule has 0 aliphatic carbocycles. The molecule has 6 nitrogen and oxygen atoms in total. The molecule has 0 spiro atoms. The minimum absolute atomic E-state index is 0.0746. The number of nitrogens with one attached hydrogen (secondary N) is 1. The summed E-state index contributed by atoms with van der Waals surface area (Å²) in [7, 11) is 0. The van der Waals surface area contributed by atoms with Crippen molar-refractivity contribution in [2.75, 3.05) is 13.2 Å². The van der Waals surface area contributed by atoms with Crippen LogP contribution in [0.4, 0.5) is 0 Å². The van der Waals surface area contributed by atoms with E-state index in [4.69, 9.17) is 9.84 Å². The molecule has 0 rings (SSSR count). The van der Waals surface area contributed by atoms with Gasteiger partial charge in [-0.3, -0.25) is 14.4 Å². The van der Waals surface area contributed by atoms with Gasteiger partial charge in [-0.25, -0.2) is 0 Å². The number of carbonyl (C=O) groups is 3. The molecule has 0 radical (unpaired) electrons. The molecule has 1 unspecified atom stereocenters. The minimum Gasteiger partial charge on any atom is -0.481 e. The predicted octanol–water partition coefficient (Wildman–Crippen LogP) is 0.947. The van der Waals surface area contributed by atoms with Crippen LogP contribution in [-0.4, -0.2) is 36.1 Å². The van der Waals surface area contributed by atoms with Gasteiger partial charge in [-0.05, 0) is 19.8 Å². The molecular weight excluding hydrogens is 238 g/mol. The maximum absolute atomic E-state index is 11.3. The maximum Gasteiger partial charge on any atom is 0.306 e. The lowest BCUT2D eigenvalue weighted by Gasteiger charge is -2.07. The van der Waals surface area contributed by atoms with Crippen LogP contribution < -0.4 is 5.32 Å². The second kappa shape index (κ2) is 9.44. The van der Waals surface area contributed by atoms with Crippen molar-refractivity contribution in [3.8, 4) is 0 Å². The number of amides is 1. The first-order valence-corrected chi connectivity index (χ1v) is 6.12. The standard InChI is InChI=1S/C12H21NO5/c1-3-18-11(15)7-6-10(14)13-8-4-5-9(2)12(16)17/h9H,3-8H2,1-2H3,(H,13,14)(H,16,17). The normalized spacial score (nSPS) is 11.7. The van der Waals surface area contributed by atoms with E-state index in [9.17, 15) is 14.4 Å². The Bertz CT molecular complexity index is 290. The van der Waals surface area contributed by atoms with Crippen LogP contribution in [0.15, 0.2) is 0 Å². The molecule has 0 heterocycles. The smallest absolute Gasteiger partial charge is 0.306 e. The second-order valence-electron chi connectivity index (χ2n) is 4.04. The summed E-state index contributed by atoms with van der Waals surface area (Å²) >= 11 is 0. The molecule has 0 aliphatic heterocycles. The SMILES string of the molecule is CCOC(=O)CCC(=O)NCCCC(C)C(=O)O. The number of ether oxygens (including phenoxy) is 1. The van der Waals surface area contributed by atoms with Crippen LogP contribution in [0.3, 0.4) is 0 Å². The Hall–Kier alpha value is -1.59. The molecule has 0 aromatic carbocycles. The zero-order chi connectivity index (χ0) is 14.0. The number of rotatable bonds is 9. The van der Waals surface area contributed by atoms with Crippen molar-refractivity contribution in [2.45, 2.75) is 39.5 Å². The highest BCUT2D eigenvalue weighted by Gasteiger charge is 2.10. The fourth-order valence-corrected chi connectivity index (χ4v) is 1.30. The van der Waals surface area contributed by atoms with Gasteiger partial charge >= 0.3 is 11.9 Å². The van der Waals surface area contributed by atoms with Crippen molar-refractivity contribution in [2.24, 2.45) is 5.92 Å². The molecule has 1 atom stereocenters. The van der Waals surface area contributed by atoms with Crippen LogP contribution in [0.2, 0.25) is 0 Å². The van der Waals surface area contributed by atoms with E-state index in [1.54, 1.807) is 13.8 Å². The van der Waals surface area contributed by atoms with Gasteiger partial charge in [-0.1, -0.05) is 6.92 Å². The molecule has 0 saturated heterocycles. The largest absolute Gasteiger partial charge is 0.481 e. The molecule has 0 aliphatic rings. The Labute approximate surface area is 107 Å². The van der Waals surface area contributed by atoms with Gasteiger partial charge in [0.05, 0.1) is 18.9 Å². The van der Waals surface area contributed by atoms with Crippen molar-refractivity contribution in [1.29, 1.82) is 0 Å². The first kappa shape index (κ1) is 16.4. The fraction of sp³-hybridized carbons (Fsp3) is 0.750. The number of hydrogen-bond acceptors (Lipinski definition) is 4. The van der Waals surface area contributed by atoms with Crippen molar-refractivity contribution >= 4 is 17.8 Å². The second-order valence-corrected chi connectivity index (χ2v) is 4.04. The quantitative estimate of drug-likeness (QED) is 0.475. The zero-order valence-corrected chi connectivity index (χ0v) is 10.9. The Morgan fingerprint density at radius 1 is 1.28 bits per heavy atom. The van der Waals surface area contributed by atoms with E-state index in [1.165, 1.54) is 0 Å². The number of esters is 1. The molecular formula is C12H21NO5. The molecule has 0 aromatic rings. The summed E-state index contributed by atoms with van der Waals surface area (Å²) in [6.45, 7) is 4.08. The van der Waals surface area contributed by atoms with E-state index in [0.29, 0.717) is 26.0 Å². The summed E-state index contributed by atoms with van der Waals surface area (Å²) in [5, 5.41) is 11.3. The van der Waals surface area contributed by atoms with Crippen molar-refractivity contribution in [3.05, 3.63) is 0 Å². The summed E-state index contributed by atoms with van der Waals surface area (Å²) in [6.07, 6.45) is 1.31. The lowest BCUT2D eigenvalue weighted by molar-refractivity contribution is -0.144. The molecule has 18 heavy (non-hydrogen) atoms. The summed E-state index contributed by atoms with van der Waals surface area (Å²) < 4.78 is 4.69. The average Bonchev–Trinajstić information content (AvgIpc) is 2.32. The van der Waals surface area contributed by atoms with Crippen molar-refractivity contribution in [1.82, 2.24) is 5.32 Å². The van der Waals surface area contributed by atoms with Gasteiger partial charge in [0.25, 0.3) is 0 Å². The Kier molecular flexibility index (Phi) is 8.61. The third kappa shape index (κ3) is 8.55. The zero-order valence-electron chi connectivity index (χ0n) is 10.9. The van der Waals surface area contributed by atoms with Crippen molar-refractivity contribution < 1.29 is 24.2 Å². The van der Waals surface area contributed by atoms with Crippen LogP contribution >= 0.6 is 0 Å². The Morgan fingerprint density at radius 3 is 2.50 bits per heavy atom. The summed E-state index contributed by atoms with van der Waals surface area (Å²) in [4.78, 5) is 32.8. The molecule has 0 fully saturated rings. The van der Waals surface area contributed by atoms with Gasteiger partial charge in [0, 0.05) is 13.0 Å². The first-order valence-electron chi connectivity index (χ1n) is 6.12. The summed E-state index contributed by atoms with van der Waals surface area (Å²) in [6, 6.07) is 0. The highest BCUT2D eigenvalue weighted by atomic mass is 16.5. The third-order valence-electron chi connectivity index (χ3n) is 2.42. The topological polar surface area (TPSA) is 92.7 Å². The fourth-order valence-electron chi connectivity index (χ4n) is 1.30. The summed E-state index contributed by atoms with van der Waals surface area (Å²) in [5.74, 6) is -1.83. The third-order valence-corrected chi connectivity index (χ3v) is 2.42. The molecule has 2 N–H and O–H groups in total. The van der Waals surface area contributed by atoms with E-state index >= 15 is 0 Å². The summed E-state index contributed by atoms with van der Waals surface area (Å²) in [5.41, 5.74) is 0. The number of carboxylic acids is 1. The van der Waals surface area contributed by atoms with Gasteiger partial charge in [0.2, 0.25) is 5.91 Å². The van der Waals surface area contributed by atoms with E-state index in [0.717, 1.165) is 0 Å². The maximum atomic E-state index is 11.3. The molecule has 1 amide bonds. The Balaban J connectivity index is 3.54. The van der Waals surface area contributed by atoms with Gasteiger partial charge in [0.1, 0.15) is 0 Å². The first-order chi connectivity index (χ1) is 8.47. The molecule has 0 aromatic heterocycles. The van der Waals surface area contributed by atoms with Gasteiger partial charge < -0.3 is 15.2 Å². The van der Waals surface area contributed by atoms with Crippen LogP contribution in [0.1, 0.15) is 39.5 Å². The van der Waals surface area contributed by atoms with E-state index in [1.807, 2.05) is 0 Å². The van der Waals surface area contributed by atoms with Gasteiger partial charge in [0.15, 0.2) is 0 Å². The monoisotopic (exact) mass is 259 g/mol. The van der Waals surface area contributed by atoms with Crippen molar-refractivity contribution in [3.63, 3.8) is 0 Å². The Morgan fingerprint density at radius 2 is 1.94 bits per heavy atom. The van der Waals surface area contributed by atoms with Crippen LogP contribution in [-0.2, 0) is 19.1 Å². The van der Waals surface area contributed by atoms with E-state index < -0.39 is 11.9 Å². The number of carbonyl (C=O) groups excluding carboxylic acids is 2. The lowest BCUT2D eigenvalue weighted by atomic mass is 10.1. The van der Waals surface area contributed by atoms with Crippen LogP contribution in [0, 0.1) is 5.92 Å². The lowest BCUT2D eigenvalue weighted by Crippen LogP contribution is -2.25. The van der Waals surface area contributed by atoms with E-state index in [-0.39, 0.29) is 24.7 Å². The number of hydrogen-bond donors (Lipinski definition) is 2. The highest BCUT2D eigenvalue weighted by Crippen LogP contribution is 2.04. The molecule has 0 saturated carbocycles. The van der Waals surface area contributed by atoms with E-state index in [2.05, 4.69) is 5.32 Å². The average molecular weight is 259 g/mol. The highest BCUT2D eigenvalue weighted by molar-refractivity contribution is 5.81. The van der Waals surface area contributed by atoms with Crippen LogP contribution in [0.25, 0.3) is 0 Å². The number of carboxylic acid groups (broad SMARTS) is 1.